The molecule has 0 spiro atoms. The maximum atomic E-state index is 6.83. The predicted molar refractivity (Wildman–Crippen MR) is 189 cm³/mol. The minimum Gasteiger partial charge on any atom is -0.493 e. The Kier molecular flexibility index (Phi) is 8.54. The van der Waals surface area contributed by atoms with Crippen LogP contribution in [-0.2, 0) is 32.3 Å². The van der Waals surface area contributed by atoms with Gasteiger partial charge in [0, 0.05) is 35.4 Å². The van der Waals surface area contributed by atoms with Crippen molar-refractivity contribution in [1.82, 2.24) is 14.8 Å². The molecule has 1 aromatic heterocycles. The Hall–Kier alpha value is -4.19. The summed E-state index contributed by atoms with van der Waals surface area (Å²) < 4.78 is 12.9. The Bertz CT molecular complexity index is 1860. The van der Waals surface area contributed by atoms with Gasteiger partial charge < -0.3 is 19.3 Å². The summed E-state index contributed by atoms with van der Waals surface area (Å²) in [6.07, 6.45) is 10.4. The first-order chi connectivity index (χ1) is 22.4. The lowest BCUT2D eigenvalue weighted by molar-refractivity contribution is 0.252. The minimum absolute atomic E-state index is 0.444. The van der Waals surface area contributed by atoms with Gasteiger partial charge >= 0.3 is 0 Å². The fraction of sp³-hybridized carbons (Fsp3) is 0.341. The van der Waals surface area contributed by atoms with Gasteiger partial charge in [-0.1, -0.05) is 60.7 Å². The molecule has 0 radical (unpaired) electrons. The molecule has 0 bridgehead atoms. The third kappa shape index (κ3) is 5.67. The second-order valence-corrected chi connectivity index (χ2v) is 13.4. The Morgan fingerprint density at radius 1 is 0.717 bits per heavy atom. The molecule has 5 aromatic rings. The maximum Gasteiger partial charge on any atom is 0.165 e. The van der Waals surface area contributed by atoms with E-state index in [-0.39, 0.29) is 0 Å². The summed E-state index contributed by atoms with van der Waals surface area (Å²) in [4.78, 5) is 9.28. The normalized spacial score (nSPS) is 17.6. The van der Waals surface area contributed by atoms with Gasteiger partial charge in [-0.05, 0) is 129 Å². The molecular weight excluding hydrogens is 566 g/mol. The lowest BCUT2D eigenvalue weighted by Gasteiger charge is -2.33. The molecule has 7 rings (SSSR count). The topological polar surface area (TPSA) is 37.8 Å². The molecule has 0 saturated heterocycles. The summed E-state index contributed by atoms with van der Waals surface area (Å²) in [5.74, 6) is 1.67. The van der Waals surface area contributed by atoms with Crippen LogP contribution >= 0.6 is 0 Å². The molecule has 5 heteroatoms. The molecule has 0 saturated carbocycles. The lowest BCUT2D eigenvalue weighted by Crippen LogP contribution is -2.34. The molecule has 236 valence electrons. The largest absolute Gasteiger partial charge is 0.493 e. The molecule has 5 nitrogen and oxygen atoms in total. The quantitative estimate of drug-likeness (QED) is 0.178. The molecule has 2 atom stereocenters. The molecule has 2 aliphatic carbocycles. The zero-order valence-corrected chi connectivity index (χ0v) is 27.8. The first-order valence-corrected chi connectivity index (χ1v) is 16.6. The van der Waals surface area contributed by atoms with E-state index in [1.807, 2.05) is 12.4 Å². The fourth-order valence-electron chi connectivity index (χ4n) is 7.75. The molecule has 2 aliphatic rings. The van der Waals surface area contributed by atoms with Gasteiger partial charge in [-0.2, -0.15) is 0 Å². The van der Waals surface area contributed by atoms with E-state index in [4.69, 9.17) is 9.47 Å². The number of hydrogen-bond donors (Lipinski definition) is 0. The van der Waals surface area contributed by atoms with E-state index in [0.717, 1.165) is 54.6 Å². The van der Waals surface area contributed by atoms with Crippen LogP contribution in [0.4, 0.5) is 0 Å². The molecule has 0 amide bonds. The first kappa shape index (κ1) is 30.5. The van der Waals surface area contributed by atoms with Crippen LogP contribution in [0.2, 0.25) is 0 Å². The van der Waals surface area contributed by atoms with Crippen molar-refractivity contribution in [2.75, 3.05) is 35.3 Å². The van der Waals surface area contributed by atoms with Crippen LogP contribution in [-0.4, -0.2) is 62.2 Å². The molecule has 46 heavy (non-hydrogen) atoms. The molecular formula is C41H45N3O2. The van der Waals surface area contributed by atoms with Gasteiger partial charge in [0.2, 0.25) is 0 Å². The van der Waals surface area contributed by atoms with E-state index < -0.39 is 0 Å². The maximum absolute atomic E-state index is 6.83. The SMILES string of the molecule is COc1cc(-c2ccccc2)c2c(c1OCc1ccc(-c3cccc4c3CCC(N(C)C)C4)c3ccncc13)CC(N(C)C)CC2. The highest BCUT2D eigenvalue weighted by atomic mass is 16.5. The highest BCUT2D eigenvalue weighted by molar-refractivity contribution is 5.99. The average molecular weight is 612 g/mol. The Morgan fingerprint density at radius 2 is 1.48 bits per heavy atom. The van der Waals surface area contributed by atoms with Crippen LogP contribution in [0, 0.1) is 0 Å². The smallest absolute Gasteiger partial charge is 0.165 e. The van der Waals surface area contributed by atoms with Crippen LogP contribution in [0.3, 0.4) is 0 Å². The van der Waals surface area contributed by atoms with Crippen molar-refractivity contribution in [2.45, 2.75) is 57.2 Å². The van der Waals surface area contributed by atoms with Gasteiger partial charge in [0.1, 0.15) is 6.61 Å². The third-order valence-electron chi connectivity index (χ3n) is 10.4. The zero-order valence-electron chi connectivity index (χ0n) is 27.8. The van der Waals surface area contributed by atoms with E-state index in [9.17, 15) is 0 Å². The van der Waals surface area contributed by atoms with Crippen LogP contribution in [0.15, 0.2) is 85.2 Å². The number of benzene rings is 4. The van der Waals surface area contributed by atoms with Crippen molar-refractivity contribution in [3.05, 3.63) is 113 Å². The number of pyridine rings is 1. The summed E-state index contributed by atoms with van der Waals surface area (Å²) in [6.45, 7) is 0.444. The second-order valence-electron chi connectivity index (χ2n) is 13.4. The van der Waals surface area contributed by atoms with E-state index in [0.29, 0.717) is 18.7 Å². The van der Waals surface area contributed by atoms with Gasteiger partial charge in [0.25, 0.3) is 0 Å². The highest BCUT2D eigenvalue weighted by Crippen LogP contribution is 2.45. The summed E-state index contributed by atoms with van der Waals surface area (Å²) in [5.41, 5.74) is 11.8. The summed E-state index contributed by atoms with van der Waals surface area (Å²) in [7, 11) is 10.5. The number of methoxy groups -OCH3 is 1. The van der Waals surface area contributed by atoms with Gasteiger partial charge in [-0.25, -0.2) is 0 Å². The first-order valence-electron chi connectivity index (χ1n) is 16.6. The summed E-state index contributed by atoms with van der Waals surface area (Å²) >= 11 is 0. The van der Waals surface area contributed by atoms with Gasteiger partial charge in [-0.3, -0.25) is 4.98 Å². The van der Waals surface area contributed by atoms with E-state index in [2.05, 4.69) is 116 Å². The standard InChI is InChI=1S/C41H45N3O2/c1-43(2)30-15-18-32-28(22-30)12-9-13-33(32)34-17-14-29(39-25-42-21-20-36(34)39)26-46-41-38-23-31(44(3)4)16-19-35(38)37(24-40(41)45-5)27-10-7-6-8-11-27/h6-14,17,20-21,24-25,30-31H,15-16,18-19,22-23,26H2,1-5H3. The number of fused-ring (bicyclic) bond motifs is 3. The Morgan fingerprint density at radius 3 is 2.24 bits per heavy atom. The van der Waals surface area contributed by atoms with Gasteiger partial charge in [0.15, 0.2) is 11.5 Å². The van der Waals surface area contributed by atoms with Crippen molar-refractivity contribution in [1.29, 1.82) is 0 Å². The highest BCUT2D eigenvalue weighted by Gasteiger charge is 2.29. The Labute approximate surface area is 273 Å². The van der Waals surface area contributed by atoms with Crippen molar-refractivity contribution in [2.24, 2.45) is 0 Å². The molecule has 0 fully saturated rings. The monoisotopic (exact) mass is 611 g/mol. The molecule has 0 aliphatic heterocycles. The fourth-order valence-corrected chi connectivity index (χ4v) is 7.75. The van der Waals surface area contributed by atoms with E-state index in [1.165, 1.54) is 56.3 Å². The van der Waals surface area contributed by atoms with Crippen molar-refractivity contribution >= 4 is 10.8 Å². The average Bonchev–Trinajstić information content (AvgIpc) is 3.09. The van der Waals surface area contributed by atoms with Crippen LogP contribution in [0.5, 0.6) is 11.5 Å². The predicted octanol–water partition coefficient (Wildman–Crippen LogP) is 7.99. The van der Waals surface area contributed by atoms with Crippen molar-refractivity contribution in [3.8, 4) is 33.8 Å². The lowest BCUT2D eigenvalue weighted by atomic mass is 9.82. The third-order valence-corrected chi connectivity index (χ3v) is 10.4. The zero-order chi connectivity index (χ0) is 31.8. The van der Waals surface area contributed by atoms with E-state index in [1.54, 1.807) is 7.11 Å². The van der Waals surface area contributed by atoms with Gasteiger partial charge in [-0.15, -0.1) is 0 Å². The summed E-state index contributed by atoms with van der Waals surface area (Å²) in [5, 5.41) is 2.36. The van der Waals surface area contributed by atoms with Crippen molar-refractivity contribution < 1.29 is 9.47 Å². The minimum atomic E-state index is 0.444. The summed E-state index contributed by atoms with van der Waals surface area (Å²) in [6, 6.07) is 27.5. The molecule has 2 unspecified atom stereocenters. The molecule has 1 heterocycles. The second kappa shape index (κ2) is 12.9. The number of rotatable bonds is 8. The van der Waals surface area contributed by atoms with Gasteiger partial charge in [0.05, 0.1) is 7.11 Å². The van der Waals surface area contributed by atoms with E-state index >= 15 is 0 Å². The van der Waals surface area contributed by atoms with Crippen LogP contribution in [0.1, 0.15) is 40.7 Å². The van der Waals surface area contributed by atoms with Crippen LogP contribution < -0.4 is 9.47 Å². The number of nitrogens with zero attached hydrogens (tertiary/aromatic N) is 3. The number of likely N-dealkylation sites (N-methyl/N-ethyl adjacent to an activating group) is 2. The number of aromatic nitrogens is 1. The number of ether oxygens (including phenoxy) is 2. The Balaban J connectivity index is 1.26. The van der Waals surface area contributed by atoms with Crippen molar-refractivity contribution in [3.63, 3.8) is 0 Å². The molecule has 0 N–H and O–H groups in total. The number of hydrogen-bond acceptors (Lipinski definition) is 5. The molecule has 4 aromatic carbocycles. The van der Waals surface area contributed by atoms with Crippen LogP contribution in [0.25, 0.3) is 33.0 Å².